The number of nitrogens with zero attached hydrogens (tertiary/aromatic N) is 5. The Morgan fingerprint density at radius 2 is 2.16 bits per heavy atom. The fraction of sp³-hybridized carbons (Fsp3) is 0.471. The van der Waals surface area contributed by atoms with Gasteiger partial charge in [0.2, 0.25) is 11.9 Å². The number of methoxy groups -OCH3 is 1. The molecule has 0 bridgehead atoms. The predicted molar refractivity (Wildman–Crippen MR) is 92.5 cm³/mol. The molecule has 2 aromatic heterocycles. The summed E-state index contributed by atoms with van der Waals surface area (Å²) in [6.07, 6.45) is 5.24. The van der Waals surface area contributed by atoms with Crippen LogP contribution in [0.2, 0.25) is 0 Å². The molecule has 1 unspecified atom stereocenters. The monoisotopic (exact) mass is 342 g/mol. The molecule has 1 aliphatic rings. The summed E-state index contributed by atoms with van der Waals surface area (Å²) in [5.41, 5.74) is 0.865. The van der Waals surface area contributed by atoms with E-state index in [-0.39, 0.29) is 18.4 Å². The van der Waals surface area contributed by atoms with Crippen LogP contribution in [-0.4, -0.2) is 57.5 Å². The van der Waals surface area contributed by atoms with Gasteiger partial charge in [0.25, 0.3) is 0 Å². The molecule has 132 valence electrons. The third-order valence-electron chi connectivity index (χ3n) is 4.08. The van der Waals surface area contributed by atoms with Crippen molar-refractivity contribution in [1.29, 1.82) is 0 Å². The SMILES string of the molecule is COCC(=O)N1CCCC(c2nc(C)cc(Nc3ncccn3)n2)C1. The Balaban J connectivity index is 1.76. The zero-order valence-electron chi connectivity index (χ0n) is 14.5. The van der Waals surface area contributed by atoms with Crippen LogP contribution in [0.15, 0.2) is 24.5 Å². The summed E-state index contributed by atoms with van der Waals surface area (Å²) in [5.74, 6) is 2.03. The zero-order chi connectivity index (χ0) is 17.6. The standard InChI is InChI=1S/C17H22N6O2/c1-12-9-14(22-17-18-6-4-7-19-17)21-16(20-12)13-5-3-8-23(10-13)15(24)11-25-2/h4,6-7,9,13H,3,5,8,10-11H2,1-2H3,(H,18,19,20,21,22). The highest BCUT2D eigenvalue weighted by molar-refractivity contribution is 5.77. The van der Waals surface area contributed by atoms with E-state index in [9.17, 15) is 4.79 Å². The van der Waals surface area contributed by atoms with E-state index in [1.54, 1.807) is 18.5 Å². The van der Waals surface area contributed by atoms with E-state index in [1.165, 1.54) is 7.11 Å². The van der Waals surface area contributed by atoms with Gasteiger partial charge < -0.3 is 15.0 Å². The Labute approximate surface area is 146 Å². The van der Waals surface area contributed by atoms with Gasteiger partial charge in [0, 0.05) is 50.3 Å². The minimum absolute atomic E-state index is 0.0101. The zero-order valence-corrected chi connectivity index (χ0v) is 14.5. The Morgan fingerprint density at radius 3 is 2.92 bits per heavy atom. The Kier molecular flexibility index (Phi) is 5.49. The van der Waals surface area contributed by atoms with Crippen molar-refractivity contribution in [2.45, 2.75) is 25.7 Å². The van der Waals surface area contributed by atoms with Crippen molar-refractivity contribution in [3.05, 3.63) is 36.0 Å². The lowest BCUT2D eigenvalue weighted by Gasteiger charge is -2.32. The first-order valence-corrected chi connectivity index (χ1v) is 8.32. The van der Waals surface area contributed by atoms with Crippen molar-refractivity contribution < 1.29 is 9.53 Å². The van der Waals surface area contributed by atoms with Crippen LogP contribution in [0.3, 0.4) is 0 Å². The van der Waals surface area contributed by atoms with E-state index in [0.29, 0.717) is 18.3 Å². The number of hydrogen-bond acceptors (Lipinski definition) is 7. The number of carbonyl (C=O) groups excluding carboxylic acids is 1. The number of nitrogens with one attached hydrogen (secondary N) is 1. The first kappa shape index (κ1) is 17.2. The van der Waals surface area contributed by atoms with E-state index in [1.807, 2.05) is 17.9 Å². The van der Waals surface area contributed by atoms with Gasteiger partial charge in [-0.3, -0.25) is 4.79 Å². The average molecular weight is 342 g/mol. The second-order valence-corrected chi connectivity index (χ2v) is 6.06. The summed E-state index contributed by atoms with van der Waals surface area (Å²) in [6, 6.07) is 3.62. The van der Waals surface area contributed by atoms with Crippen molar-refractivity contribution in [3.8, 4) is 0 Å². The summed E-state index contributed by atoms with van der Waals surface area (Å²) in [4.78, 5) is 31.4. The Morgan fingerprint density at radius 1 is 1.36 bits per heavy atom. The molecule has 8 heteroatoms. The van der Waals surface area contributed by atoms with Crippen LogP contribution in [-0.2, 0) is 9.53 Å². The van der Waals surface area contributed by atoms with Crippen LogP contribution in [0, 0.1) is 6.92 Å². The molecule has 1 N–H and O–H groups in total. The number of likely N-dealkylation sites (tertiary alicyclic amines) is 1. The van der Waals surface area contributed by atoms with E-state index >= 15 is 0 Å². The molecule has 25 heavy (non-hydrogen) atoms. The highest BCUT2D eigenvalue weighted by atomic mass is 16.5. The largest absolute Gasteiger partial charge is 0.375 e. The van der Waals surface area contributed by atoms with Crippen molar-refractivity contribution in [2.75, 3.05) is 32.1 Å². The second kappa shape index (κ2) is 7.98. The van der Waals surface area contributed by atoms with Crippen LogP contribution in [0.1, 0.15) is 30.3 Å². The third-order valence-corrected chi connectivity index (χ3v) is 4.08. The van der Waals surface area contributed by atoms with Crippen molar-refractivity contribution >= 4 is 17.7 Å². The molecule has 0 saturated carbocycles. The number of carbonyl (C=O) groups is 1. The van der Waals surface area contributed by atoms with E-state index in [4.69, 9.17) is 4.74 Å². The van der Waals surface area contributed by atoms with Gasteiger partial charge >= 0.3 is 0 Å². The summed E-state index contributed by atoms with van der Waals surface area (Å²) >= 11 is 0. The van der Waals surface area contributed by atoms with Gasteiger partial charge in [-0.05, 0) is 25.8 Å². The fourth-order valence-corrected chi connectivity index (χ4v) is 2.95. The summed E-state index contributed by atoms with van der Waals surface area (Å²) in [7, 11) is 1.53. The number of hydrogen-bond donors (Lipinski definition) is 1. The molecule has 3 rings (SSSR count). The number of amides is 1. The molecule has 0 spiro atoms. The van der Waals surface area contributed by atoms with Crippen LogP contribution in [0.25, 0.3) is 0 Å². The van der Waals surface area contributed by atoms with Crippen LogP contribution < -0.4 is 5.32 Å². The predicted octanol–water partition coefficient (Wildman–Crippen LogP) is 1.67. The Hall–Kier alpha value is -2.61. The molecule has 2 aromatic rings. The number of rotatable bonds is 5. The second-order valence-electron chi connectivity index (χ2n) is 6.06. The maximum absolute atomic E-state index is 12.1. The lowest BCUT2D eigenvalue weighted by Crippen LogP contribution is -2.41. The van der Waals surface area contributed by atoms with E-state index in [0.717, 1.165) is 30.9 Å². The molecule has 1 fully saturated rings. The molecule has 3 heterocycles. The molecule has 1 amide bonds. The number of anilines is 2. The maximum Gasteiger partial charge on any atom is 0.248 e. The summed E-state index contributed by atoms with van der Waals surface area (Å²) < 4.78 is 4.96. The third kappa shape index (κ3) is 4.48. The summed E-state index contributed by atoms with van der Waals surface area (Å²) in [6.45, 7) is 3.42. The lowest BCUT2D eigenvalue weighted by molar-refractivity contribution is -0.136. The quantitative estimate of drug-likeness (QED) is 0.883. The molecule has 0 radical (unpaired) electrons. The molecule has 0 aromatic carbocycles. The first-order valence-electron chi connectivity index (χ1n) is 8.32. The van der Waals surface area contributed by atoms with E-state index in [2.05, 4.69) is 25.3 Å². The highest BCUT2D eigenvalue weighted by Gasteiger charge is 2.26. The molecule has 1 atom stereocenters. The fourth-order valence-electron chi connectivity index (χ4n) is 2.95. The van der Waals surface area contributed by atoms with Gasteiger partial charge in [0.05, 0.1) is 0 Å². The topological polar surface area (TPSA) is 93.1 Å². The molecule has 0 aliphatic carbocycles. The van der Waals surface area contributed by atoms with Crippen LogP contribution in [0.4, 0.5) is 11.8 Å². The van der Waals surface area contributed by atoms with Gasteiger partial charge in [0.1, 0.15) is 18.2 Å². The van der Waals surface area contributed by atoms with Gasteiger partial charge in [-0.25, -0.2) is 19.9 Å². The van der Waals surface area contributed by atoms with E-state index < -0.39 is 0 Å². The summed E-state index contributed by atoms with van der Waals surface area (Å²) in [5, 5.41) is 3.10. The first-order chi connectivity index (χ1) is 12.2. The van der Waals surface area contributed by atoms with Gasteiger partial charge in [-0.1, -0.05) is 0 Å². The van der Waals surface area contributed by atoms with Crippen LogP contribution >= 0.6 is 0 Å². The minimum atomic E-state index is 0.0101. The number of aromatic nitrogens is 4. The maximum atomic E-state index is 12.1. The smallest absolute Gasteiger partial charge is 0.248 e. The molecular weight excluding hydrogens is 320 g/mol. The normalized spacial score (nSPS) is 17.4. The molecule has 1 saturated heterocycles. The van der Waals surface area contributed by atoms with Crippen molar-refractivity contribution in [3.63, 3.8) is 0 Å². The molecular formula is C17H22N6O2. The number of piperidine rings is 1. The van der Waals surface area contributed by atoms with Gasteiger partial charge in [-0.15, -0.1) is 0 Å². The Bertz CT molecular complexity index is 724. The van der Waals surface area contributed by atoms with Crippen LogP contribution in [0.5, 0.6) is 0 Å². The molecule has 8 nitrogen and oxygen atoms in total. The molecule has 1 aliphatic heterocycles. The van der Waals surface area contributed by atoms with Crippen molar-refractivity contribution in [2.24, 2.45) is 0 Å². The van der Waals surface area contributed by atoms with Gasteiger partial charge in [-0.2, -0.15) is 0 Å². The van der Waals surface area contributed by atoms with Gasteiger partial charge in [0.15, 0.2) is 0 Å². The highest BCUT2D eigenvalue weighted by Crippen LogP contribution is 2.26. The lowest BCUT2D eigenvalue weighted by atomic mass is 9.97. The number of aryl methyl sites for hydroxylation is 1. The van der Waals surface area contributed by atoms with Crippen molar-refractivity contribution in [1.82, 2.24) is 24.8 Å². The number of ether oxygens (including phenoxy) is 1. The minimum Gasteiger partial charge on any atom is -0.375 e. The average Bonchev–Trinajstić information content (AvgIpc) is 2.62.